The van der Waals surface area contributed by atoms with Gasteiger partial charge in [-0.25, -0.2) is 0 Å². The number of nitrogens with zero attached hydrogens (tertiary/aromatic N) is 4. The average Bonchev–Trinajstić information content (AvgIpc) is 2.62. The molecule has 0 unspecified atom stereocenters. The van der Waals surface area contributed by atoms with Gasteiger partial charge in [0.15, 0.2) is 0 Å². The fraction of sp³-hybridized carbons (Fsp3) is 0.818. The van der Waals surface area contributed by atoms with E-state index in [1.807, 2.05) is 0 Å². The first-order chi connectivity index (χ1) is 7.68. The van der Waals surface area contributed by atoms with Crippen LogP contribution in [0.2, 0.25) is 0 Å². The van der Waals surface area contributed by atoms with Gasteiger partial charge >= 0.3 is 0 Å². The summed E-state index contributed by atoms with van der Waals surface area (Å²) in [7, 11) is 2.06. The molecule has 1 aromatic heterocycles. The van der Waals surface area contributed by atoms with E-state index in [0.717, 1.165) is 44.4 Å². The Morgan fingerprint density at radius 2 is 1.94 bits per heavy atom. The van der Waals surface area contributed by atoms with E-state index in [1.54, 1.807) is 0 Å². The van der Waals surface area contributed by atoms with Crippen LogP contribution >= 0.6 is 0 Å². The van der Waals surface area contributed by atoms with Gasteiger partial charge in [-0.3, -0.25) is 4.90 Å². The highest BCUT2D eigenvalue weighted by molar-refractivity contribution is 4.99. The average molecular weight is 223 g/mol. The van der Waals surface area contributed by atoms with E-state index < -0.39 is 0 Å². The molecule has 0 amide bonds. The highest BCUT2D eigenvalue weighted by Gasteiger charge is 2.16. The van der Waals surface area contributed by atoms with E-state index in [4.69, 9.17) is 0 Å². The second-order valence-corrected chi connectivity index (χ2v) is 4.71. The van der Waals surface area contributed by atoms with Crippen molar-refractivity contribution in [2.45, 2.75) is 26.3 Å². The molecule has 1 saturated heterocycles. The van der Waals surface area contributed by atoms with E-state index in [-0.39, 0.29) is 0 Å². The van der Waals surface area contributed by atoms with Gasteiger partial charge in [-0.2, -0.15) is 0 Å². The third-order valence-electron chi connectivity index (χ3n) is 3.09. The molecular formula is C11H21N5. The molecule has 90 valence electrons. The van der Waals surface area contributed by atoms with Crippen LogP contribution < -0.4 is 5.32 Å². The summed E-state index contributed by atoms with van der Waals surface area (Å²) in [6, 6.07) is 0. The minimum absolute atomic E-state index is 0.439. The Morgan fingerprint density at radius 3 is 2.50 bits per heavy atom. The zero-order valence-electron chi connectivity index (χ0n) is 10.4. The predicted octanol–water partition coefficient (Wildman–Crippen LogP) is 0.344. The lowest BCUT2D eigenvalue weighted by atomic mass is 10.2. The van der Waals surface area contributed by atoms with E-state index in [1.165, 1.54) is 0 Å². The van der Waals surface area contributed by atoms with Gasteiger partial charge in [-0.05, 0) is 0 Å². The number of hydrogen-bond donors (Lipinski definition) is 1. The second kappa shape index (κ2) is 4.93. The SMILES string of the molecule is CC(C)c1nnc(CN2CCNCC2)n1C. The van der Waals surface area contributed by atoms with E-state index in [0.29, 0.717) is 5.92 Å². The van der Waals surface area contributed by atoms with E-state index >= 15 is 0 Å². The maximum Gasteiger partial charge on any atom is 0.146 e. The summed E-state index contributed by atoms with van der Waals surface area (Å²) >= 11 is 0. The standard InChI is InChI=1S/C11H21N5/c1-9(2)11-14-13-10(15(11)3)8-16-6-4-12-5-7-16/h9,12H,4-8H2,1-3H3. The van der Waals surface area contributed by atoms with Crippen molar-refractivity contribution in [3.8, 4) is 0 Å². The van der Waals surface area contributed by atoms with E-state index in [2.05, 4.69) is 45.9 Å². The van der Waals surface area contributed by atoms with Crippen molar-refractivity contribution in [3.05, 3.63) is 11.6 Å². The van der Waals surface area contributed by atoms with Crippen LogP contribution in [0.3, 0.4) is 0 Å². The van der Waals surface area contributed by atoms with Crippen molar-refractivity contribution in [2.75, 3.05) is 26.2 Å². The van der Waals surface area contributed by atoms with Crippen molar-refractivity contribution in [1.29, 1.82) is 0 Å². The van der Waals surface area contributed by atoms with Gasteiger partial charge in [0.1, 0.15) is 11.6 Å². The Bertz CT molecular complexity index is 338. The van der Waals surface area contributed by atoms with Crippen molar-refractivity contribution in [1.82, 2.24) is 25.0 Å². The topological polar surface area (TPSA) is 46.0 Å². The molecule has 2 rings (SSSR count). The van der Waals surface area contributed by atoms with Crippen LogP contribution in [-0.2, 0) is 13.6 Å². The zero-order chi connectivity index (χ0) is 11.5. The molecule has 0 atom stereocenters. The molecule has 1 N–H and O–H groups in total. The summed E-state index contributed by atoms with van der Waals surface area (Å²) in [5.74, 6) is 2.59. The highest BCUT2D eigenvalue weighted by Crippen LogP contribution is 2.12. The fourth-order valence-corrected chi connectivity index (χ4v) is 2.09. The summed E-state index contributed by atoms with van der Waals surface area (Å²) in [5, 5.41) is 11.9. The molecule has 0 aliphatic carbocycles. The zero-order valence-corrected chi connectivity index (χ0v) is 10.4. The third-order valence-corrected chi connectivity index (χ3v) is 3.09. The smallest absolute Gasteiger partial charge is 0.146 e. The van der Waals surface area contributed by atoms with Crippen molar-refractivity contribution < 1.29 is 0 Å². The molecule has 0 aromatic carbocycles. The van der Waals surface area contributed by atoms with Crippen LogP contribution in [0.4, 0.5) is 0 Å². The van der Waals surface area contributed by atoms with Crippen molar-refractivity contribution >= 4 is 0 Å². The summed E-state index contributed by atoms with van der Waals surface area (Å²) in [5.41, 5.74) is 0. The molecular weight excluding hydrogens is 202 g/mol. The lowest BCUT2D eigenvalue weighted by molar-refractivity contribution is 0.225. The number of hydrogen-bond acceptors (Lipinski definition) is 4. The van der Waals surface area contributed by atoms with Gasteiger partial charge in [-0.15, -0.1) is 10.2 Å². The lowest BCUT2D eigenvalue weighted by Crippen LogP contribution is -2.43. The summed E-state index contributed by atoms with van der Waals surface area (Å²) in [6.07, 6.45) is 0. The molecule has 2 heterocycles. The molecule has 1 aromatic rings. The van der Waals surface area contributed by atoms with Crippen molar-refractivity contribution in [2.24, 2.45) is 7.05 Å². The highest BCUT2D eigenvalue weighted by atomic mass is 15.3. The van der Waals surface area contributed by atoms with Crippen LogP contribution in [0.1, 0.15) is 31.4 Å². The molecule has 1 aliphatic rings. The van der Waals surface area contributed by atoms with Crippen molar-refractivity contribution in [3.63, 3.8) is 0 Å². The predicted molar refractivity (Wildman–Crippen MR) is 63.2 cm³/mol. The summed E-state index contributed by atoms with van der Waals surface area (Å²) in [6.45, 7) is 9.58. The number of aromatic nitrogens is 3. The summed E-state index contributed by atoms with van der Waals surface area (Å²) < 4.78 is 2.13. The van der Waals surface area contributed by atoms with Crippen LogP contribution in [0.5, 0.6) is 0 Å². The molecule has 0 radical (unpaired) electrons. The molecule has 5 nitrogen and oxygen atoms in total. The molecule has 16 heavy (non-hydrogen) atoms. The molecule has 0 spiro atoms. The third kappa shape index (κ3) is 2.41. The summed E-state index contributed by atoms with van der Waals surface area (Å²) in [4.78, 5) is 2.42. The monoisotopic (exact) mass is 223 g/mol. The largest absolute Gasteiger partial charge is 0.317 e. The Kier molecular flexibility index (Phi) is 3.56. The first kappa shape index (κ1) is 11.5. The number of piperazine rings is 1. The van der Waals surface area contributed by atoms with Gasteiger partial charge in [0.2, 0.25) is 0 Å². The van der Waals surface area contributed by atoms with Crippen LogP contribution in [0, 0.1) is 0 Å². The maximum absolute atomic E-state index is 4.28. The van der Waals surface area contributed by atoms with Crippen LogP contribution in [0.15, 0.2) is 0 Å². The Hall–Kier alpha value is -0.940. The molecule has 1 aliphatic heterocycles. The van der Waals surface area contributed by atoms with Gasteiger partial charge in [0.05, 0.1) is 6.54 Å². The van der Waals surface area contributed by atoms with Crippen LogP contribution in [0.25, 0.3) is 0 Å². The van der Waals surface area contributed by atoms with Crippen LogP contribution in [-0.4, -0.2) is 45.8 Å². The maximum atomic E-state index is 4.28. The lowest BCUT2D eigenvalue weighted by Gasteiger charge is -2.26. The number of rotatable bonds is 3. The first-order valence-corrected chi connectivity index (χ1v) is 5.99. The second-order valence-electron chi connectivity index (χ2n) is 4.71. The quantitative estimate of drug-likeness (QED) is 0.803. The van der Waals surface area contributed by atoms with Gasteiger partial charge in [0.25, 0.3) is 0 Å². The minimum atomic E-state index is 0.439. The molecule has 5 heteroatoms. The Balaban J connectivity index is 2.03. The Labute approximate surface area is 96.8 Å². The first-order valence-electron chi connectivity index (χ1n) is 5.99. The molecule has 1 fully saturated rings. The van der Waals surface area contributed by atoms with Gasteiger partial charge in [-0.1, -0.05) is 13.8 Å². The van der Waals surface area contributed by atoms with Gasteiger partial charge in [0, 0.05) is 39.1 Å². The molecule has 0 bridgehead atoms. The Morgan fingerprint density at radius 1 is 1.25 bits per heavy atom. The number of nitrogens with one attached hydrogen (secondary N) is 1. The minimum Gasteiger partial charge on any atom is -0.317 e. The van der Waals surface area contributed by atoms with Gasteiger partial charge < -0.3 is 9.88 Å². The normalized spacial score (nSPS) is 18.2. The fourth-order valence-electron chi connectivity index (χ4n) is 2.09. The van der Waals surface area contributed by atoms with E-state index in [9.17, 15) is 0 Å². The molecule has 0 saturated carbocycles.